The summed E-state index contributed by atoms with van der Waals surface area (Å²) in [5.74, 6) is -0.398. The molecule has 1 saturated heterocycles. The van der Waals surface area contributed by atoms with Gasteiger partial charge in [0.25, 0.3) is 11.8 Å². The molecule has 0 aliphatic carbocycles. The molecular weight excluding hydrogens is 354 g/mol. The fourth-order valence-corrected chi connectivity index (χ4v) is 5.18. The van der Waals surface area contributed by atoms with Crippen molar-refractivity contribution in [1.29, 1.82) is 0 Å². The first-order chi connectivity index (χ1) is 12.3. The fraction of sp³-hybridized carbons (Fsp3) is 0.556. The van der Waals surface area contributed by atoms with E-state index in [0.29, 0.717) is 30.1 Å². The molecule has 7 nitrogen and oxygen atoms in total. The molecule has 1 aromatic rings. The van der Waals surface area contributed by atoms with Crippen molar-refractivity contribution in [1.82, 2.24) is 9.21 Å². The fourth-order valence-electron chi connectivity index (χ4n) is 3.66. The molecule has 0 saturated carbocycles. The minimum absolute atomic E-state index is 0.0662. The second-order valence-corrected chi connectivity index (χ2v) is 9.16. The number of hydrogen-bond donors (Lipinski definition) is 1. The monoisotopic (exact) mass is 379 g/mol. The molecule has 1 fully saturated rings. The van der Waals surface area contributed by atoms with Gasteiger partial charge in [-0.1, -0.05) is 12.1 Å². The maximum absolute atomic E-state index is 12.5. The third kappa shape index (κ3) is 3.67. The molecule has 1 atom stereocenters. The molecule has 1 unspecified atom stereocenters. The van der Waals surface area contributed by atoms with Gasteiger partial charge < -0.3 is 5.73 Å². The number of carbonyl (C=O) groups is 2. The first-order valence-electron chi connectivity index (χ1n) is 9.00. The number of hydrogen-bond acceptors (Lipinski definition) is 5. The third-order valence-electron chi connectivity index (χ3n) is 5.30. The Morgan fingerprint density at radius 2 is 1.65 bits per heavy atom. The highest BCUT2D eigenvalue weighted by atomic mass is 32.2. The summed E-state index contributed by atoms with van der Waals surface area (Å²) in [5.41, 5.74) is 6.67. The Labute approximate surface area is 154 Å². The van der Waals surface area contributed by atoms with Crippen molar-refractivity contribution in [3.05, 3.63) is 35.4 Å². The highest BCUT2D eigenvalue weighted by Gasteiger charge is 2.35. The average molecular weight is 379 g/mol. The average Bonchev–Trinajstić information content (AvgIpc) is 2.87. The highest BCUT2D eigenvalue weighted by Crippen LogP contribution is 2.24. The zero-order valence-corrected chi connectivity index (χ0v) is 15.7. The summed E-state index contributed by atoms with van der Waals surface area (Å²) in [6.45, 7) is 3.04. The number of amides is 2. The van der Waals surface area contributed by atoms with Crippen LogP contribution in [0.15, 0.2) is 24.3 Å². The lowest BCUT2D eigenvalue weighted by molar-refractivity contribution is 0.0654. The van der Waals surface area contributed by atoms with Gasteiger partial charge in [0.1, 0.15) is 0 Å². The number of fused-ring (bicyclic) bond motifs is 1. The minimum atomic E-state index is -3.38. The van der Waals surface area contributed by atoms with Crippen LogP contribution in [0.3, 0.4) is 0 Å². The molecule has 26 heavy (non-hydrogen) atoms. The predicted octanol–water partition coefficient (Wildman–Crippen LogP) is 1.06. The van der Waals surface area contributed by atoms with Gasteiger partial charge in [-0.15, -0.1) is 0 Å². The van der Waals surface area contributed by atoms with E-state index in [0.717, 1.165) is 17.7 Å². The Hall–Kier alpha value is -1.77. The largest absolute Gasteiger partial charge is 0.328 e. The number of nitrogens with zero attached hydrogens (tertiary/aromatic N) is 2. The van der Waals surface area contributed by atoms with Crippen LogP contribution < -0.4 is 5.73 Å². The number of sulfonamides is 1. The van der Waals surface area contributed by atoms with Crippen LogP contribution in [0.1, 0.15) is 46.9 Å². The molecule has 0 bridgehead atoms. The van der Waals surface area contributed by atoms with Crippen molar-refractivity contribution in [2.24, 2.45) is 11.7 Å². The Bertz CT molecular complexity index is 763. The van der Waals surface area contributed by atoms with Crippen molar-refractivity contribution >= 4 is 21.8 Å². The molecule has 2 aliphatic heterocycles. The Morgan fingerprint density at radius 3 is 2.15 bits per heavy atom. The van der Waals surface area contributed by atoms with E-state index in [1.54, 1.807) is 24.3 Å². The molecule has 0 spiro atoms. The van der Waals surface area contributed by atoms with Gasteiger partial charge in [0.15, 0.2) is 0 Å². The maximum atomic E-state index is 12.5. The molecule has 1 aromatic carbocycles. The lowest BCUT2D eigenvalue weighted by atomic mass is 9.92. The van der Waals surface area contributed by atoms with Crippen LogP contribution in [-0.4, -0.2) is 60.9 Å². The summed E-state index contributed by atoms with van der Waals surface area (Å²) in [4.78, 5) is 25.7. The molecule has 0 aromatic heterocycles. The smallest absolute Gasteiger partial charge is 0.261 e. The first-order valence-corrected chi connectivity index (χ1v) is 10.6. The zero-order valence-electron chi connectivity index (χ0n) is 14.9. The third-order valence-corrected chi connectivity index (χ3v) is 7.25. The number of imide groups is 1. The number of rotatable bonds is 6. The summed E-state index contributed by atoms with van der Waals surface area (Å²) in [5, 5.41) is 0. The predicted molar refractivity (Wildman–Crippen MR) is 98.2 cm³/mol. The van der Waals surface area contributed by atoms with Crippen molar-refractivity contribution in [2.45, 2.75) is 32.2 Å². The maximum Gasteiger partial charge on any atom is 0.261 e. The second kappa shape index (κ2) is 7.46. The van der Waals surface area contributed by atoms with Crippen molar-refractivity contribution in [3.63, 3.8) is 0 Å². The Morgan fingerprint density at radius 1 is 1.12 bits per heavy atom. The summed E-state index contributed by atoms with van der Waals surface area (Å²) in [6.07, 6.45) is 1.78. The van der Waals surface area contributed by atoms with Gasteiger partial charge in [0.05, 0.1) is 16.9 Å². The lowest BCUT2D eigenvalue weighted by Crippen LogP contribution is -2.43. The van der Waals surface area contributed by atoms with E-state index >= 15 is 0 Å². The van der Waals surface area contributed by atoms with E-state index < -0.39 is 10.0 Å². The van der Waals surface area contributed by atoms with Gasteiger partial charge >= 0.3 is 0 Å². The number of carbonyl (C=O) groups excluding carboxylic acids is 2. The van der Waals surface area contributed by atoms with E-state index in [4.69, 9.17) is 5.73 Å². The second-order valence-electron chi connectivity index (χ2n) is 7.07. The minimum Gasteiger partial charge on any atom is -0.328 e. The molecule has 2 heterocycles. The van der Waals surface area contributed by atoms with E-state index in [-0.39, 0.29) is 36.6 Å². The lowest BCUT2D eigenvalue weighted by Gasteiger charge is -2.33. The van der Waals surface area contributed by atoms with Crippen molar-refractivity contribution < 1.29 is 18.0 Å². The standard InChI is InChI=1S/C18H25N3O4S/c1-13(19)14-7-10-20(11-8-14)26(24,25)12-4-9-21-17(22)15-5-2-3-6-16(15)18(21)23/h2-3,5-6,13-14H,4,7-12,19H2,1H3. The summed E-state index contributed by atoms with van der Waals surface area (Å²) < 4.78 is 26.6. The Kier molecular flexibility index (Phi) is 5.45. The van der Waals surface area contributed by atoms with Crippen LogP contribution in [-0.2, 0) is 10.0 Å². The normalized spacial score (nSPS) is 20.5. The SMILES string of the molecule is CC(N)C1CCN(S(=O)(=O)CCCN2C(=O)c3ccccc3C2=O)CC1. The molecule has 8 heteroatoms. The van der Waals surface area contributed by atoms with Gasteiger partial charge in [0.2, 0.25) is 10.0 Å². The van der Waals surface area contributed by atoms with Gasteiger partial charge in [-0.25, -0.2) is 12.7 Å². The van der Waals surface area contributed by atoms with Crippen molar-refractivity contribution in [3.8, 4) is 0 Å². The molecule has 2 amide bonds. The van der Waals surface area contributed by atoms with Crippen LogP contribution in [0, 0.1) is 5.92 Å². The van der Waals surface area contributed by atoms with Gasteiger partial charge in [-0.3, -0.25) is 14.5 Å². The highest BCUT2D eigenvalue weighted by molar-refractivity contribution is 7.89. The molecule has 3 rings (SSSR count). The van der Waals surface area contributed by atoms with Crippen LogP contribution in [0.2, 0.25) is 0 Å². The first kappa shape index (κ1) is 19.0. The van der Waals surface area contributed by atoms with Crippen LogP contribution in [0.25, 0.3) is 0 Å². The number of piperidine rings is 1. The zero-order chi connectivity index (χ0) is 18.9. The molecule has 2 N–H and O–H groups in total. The topological polar surface area (TPSA) is 101 Å². The van der Waals surface area contributed by atoms with Gasteiger partial charge in [0, 0.05) is 25.7 Å². The van der Waals surface area contributed by atoms with Gasteiger partial charge in [-0.2, -0.15) is 0 Å². The molecule has 2 aliphatic rings. The quantitative estimate of drug-likeness (QED) is 0.745. The van der Waals surface area contributed by atoms with Crippen LogP contribution >= 0.6 is 0 Å². The van der Waals surface area contributed by atoms with Crippen LogP contribution in [0.4, 0.5) is 0 Å². The number of benzene rings is 1. The summed E-state index contributed by atoms with van der Waals surface area (Å²) >= 11 is 0. The summed E-state index contributed by atoms with van der Waals surface area (Å²) in [6, 6.07) is 6.74. The summed E-state index contributed by atoms with van der Waals surface area (Å²) in [7, 11) is -3.38. The van der Waals surface area contributed by atoms with E-state index in [1.807, 2.05) is 6.92 Å². The molecular formula is C18H25N3O4S. The molecule has 0 radical (unpaired) electrons. The molecule has 142 valence electrons. The Balaban J connectivity index is 1.54. The van der Waals surface area contributed by atoms with E-state index in [2.05, 4.69) is 0 Å². The van der Waals surface area contributed by atoms with E-state index in [9.17, 15) is 18.0 Å². The number of nitrogens with two attached hydrogens (primary N) is 1. The van der Waals surface area contributed by atoms with Crippen molar-refractivity contribution in [2.75, 3.05) is 25.4 Å². The van der Waals surface area contributed by atoms with Gasteiger partial charge in [-0.05, 0) is 44.2 Å². The van der Waals surface area contributed by atoms with Crippen LogP contribution in [0.5, 0.6) is 0 Å². The van der Waals surface area contributed by atoms with E-state index in [1.165, 1.54) is 4.31 Å².